The fraction of sp³-hybridized carbons (Fsp3) is 0.300. The quantitative estimate of drug-likeness (QED) is 0.622. The van der Waals surface area contributed by atoms with Crippen molar-refractivity contribution in [1.82, 2.24) is 10.6 Å². The molecule has 0 spiro atoms. The molecule has 0 saturated carbocycles. The number of benzene rings is 2. The second-order valence-electron chi connectivity index (χ2n) is 6.42. The molecule has 30 heavy (non-hydrogen) atoms. The highest BCUT2D eigenvalue weighted by Crippen LogP contribution is 2.31. The Bertz CT molecular complexity index is 909. The number of hydrogen-bond donors (Lipinski definition) is 3. The van der Waals surface area contributed by atoms with E-state index >= 15 is 0 Å². The molecule has 0 fully saturated rings. The molecule has 0 bridgehead atoms. The van der Waals surface area contributed by atoms with E-state index in [1.807, 2.05) is 5.32 Å². The summed E-state index contributed by atoms with van der Waals surface area (Å²) in [5.74, 6) is 0.241. The third-order valence-electron chi connectivity index (χ3n) is 4.25. The van der Waals surface area contributed by atoms with E-state index in [1.54, 1.807) is 25.1 Å². The van der Waals surface area contributed by atoms with Gasteiger partial charge in [0.05, 0.1) is 25.8 Å². The van der Waals surface area contributed by atoms with Gasteiger partial charge in [0, 0.05) is 18.2 Å². The van der Waals surface area contributed by atoms with E-state index < -0.39 is 29.8 Å². The molecule has 7 nitrogen and oxygen atoms in total. The van der Waals surface area contributed by atoms with Crippen molar-refractivity contribution in [3.63, 3.8) is 0 Å². The summed E-state index contributed by atoms with van der Waals surface area (Å²) >= 11 is 0. The molecule has 0 radical (unpaired) electrons. The Balaban J connectivity index is 2.30. The van der Waals surface area contributed by atoms with Gasteiger partial charge in [-0.2, -0.15) is 13.2 Å². The third-order valence-corrected chi connectivity index (χ3v) is 4.25. The molecule has 2 aromatic carbocycles. The van der Waals surface area contributed by atoms with E-state index in [1.165, 1.54) is 20.3 Å². The summed E-state index contributed by atoms with van der Waals surface area (Å²) in [6, 6.07) is 7.13. The van der Waals surface area contributed by atoms with Crippen molar-refractivity contribution in [1.29, 1.82) is 0 Å². The molecule has 3 N–H and O–H groups in total. The number of carboxylic acid groups (broad SMARTS) is 1. The van der Waals surface area contributed by atoms with E-state index in [0.717, 1.165) is 12.1 Å². The van der Waals surface area contributed by atoms with E-state index in [-0.39, 0.29) is 17.7 Å². The van der Waals surface area contributed by atoms with Crippen molar-refractivity contribution in [3.05, 3.63) is 58.7 Å². The average Bonchev–Trinajstić information content (AvgIpc) is 2.70. The predicted octanol–water partition coefficient (Wildman–Crippen LogP) is 3.98. The number of carbonyl (C=O) groups is 2. The molecule has 10 heteroatoms. The minimum Gasteiger partial charge on any atom is -0.497 e. The van der Waals surface area contributed by atoms with Crippen molar-refractivity contribution in [2.75, 3.05) is 14.2 Å². The summed E-state index contributed by atoms with van der Waals surface area (Å²) in [6.45, 7) is 1.29. The van der Waals surface area contributed by atoms with Crippen molar-refractivity contribution >= 4 is 12.0 Å². The zero-order chi connectivity index (χ0) is 22.5. The second kappa shape index (κ2) is 9.38. The van der Waals surface area contributed by atoms with Crippen LogP contribution in [0.4, 0.5) is 18.0 Å². The molecule has 2 amide bonds. The Hall–Kier alpha value is -3.43. The molecule has 0 heterocycles. The summed E-state index contributed by atoms with van der Waals surface area (Å²) in [6.07, 6.45) is -6.08. The first-order valence-electron chi connectivity index (χ1n) is 8.75. The largest absolute Gasteiger partial charge is 0.497 e. The number of ether oxygens (including phenoxy) is 2. The Morgan fingerprint density at radius 2 is 1.63 bits per heavy atom. The number of amides is 2. The topological polar surface area (TPSA) is 96.9 Å². The molecule has 1 atom stereocenters. The fourth-order valence-electron chi connectivity index (χ4n) is 2.71. The molecule has 162 valence electrons. The van der Waals surface area contributed by atoms with Gasteiger partial charge in [0.2, 0.25) is 0 Å². The zero-order valence-corrected chi connectivity index (χ0v) is 16.5. The fourth-order valence-corrected chi connectivity index (χ4v) is 2.71. The molecule has 0 saturated heterocycles. The number of halogens is 3. The van der Waals surface area contributed by atoms with Crippen LogP contribution in [-0.2, 0) is 12.7 Å². The summed E-state index contributed by atoms with van der Waals surface area (Å²) in [5.41, 5.74) is -0.658. The van der Waals surface area contributed by atoms with Gasteiger partial charge in [-0.1, -0.05) is 0 Å². The van der Waals surface area contributed by atoms with Crippen molar-refractivity contribution in [3.8, 4) is 11.5 Å². The Morgan fingerprint density at radius 3 is 2.13 bits per heavy atom. The molecule has 0 aliphatic heterocycles. The van der Waals surface area contributed by atoms with Gasteiger partial charge in [0.15, 0.2) is 0 Å². The maximum Gasteiger partial charge on any atom is 0.416 e. The summed E-state index contributed by atoms with van der Waals surface area (Å²) in [4.78, 5) is 23.3. The maximum atomic E-state index is 13.2. The highest BCUT2D eigenvalue weighted by Gasteiger charge is 2.32. The number of hydrogen-bond acceptors (Lipinski definition) is 4. The summed E-state index contributed by atoms with van der Waals surface area (Å²) in [5, 5.41) is 13.3. The highest BCUT2D eigenvalue weighted by molar-refractivity contribution is 5.95. The van der Waals surface area contributed by atoms with E-state index in [4.69, 9.17) is 14.6 Å². The van der Waals surface area contributed by atoms with Gasteiger partial charge in [-0.15, -0.1) is 0 Å². The average molecular weight is 426 g/mol. The summed E-state index contributed by atoms with van der Waals surface area (Å²) < 4.78 is 50.0. The van der Waals surface area contributed by atoms with E-state index in [2.05, 4.69) is 5.32 Å². The number of alkyl halides is 3. The number of methoxy groups -OCH3 is 2. The predicted molar refractivity (Wildman–Crippen MR) is 102 cm³/mol. The molecular formula is C20H21F3N2O5. The second-order valence-corrected chi connectivity index (χ2v) is 6.42. The van der Waals surface area contributed by atoms with Gasteiger partial charge >= 0.3 is 12.3 Å². The minimum atomic E-state index is -4.69. The van der Waals surface area contributed by atoms with Crippen LogP contribution in [0.1, 0.15) is 40.0 Å². The number of nitrogens with one attached hydrogen (secondary N) is 2. The van der Waals surface area contributed by atoms with E-state index in [0.29, 0.717) is 17.1 Å². The van der Waals surface area contributed by atoms with Gasteiger partial charge in [0.25, 0.3) is 5.91 Å². The van der Waals surface area contributed by atoms with Crippen LogP contribution in [0.25, 0.3) is 0 Å². The lowest BCUT2D eigenvalue weighted by Crippen LogP contribution is -2.27. The molecule has 0 aliphatic rings. The van der Waals surface area contributed by atoms with Gasteiger partial charge in [0.1, 0.15) is 11.5 Å². The molecular weight excluding hydrogens is 405 g/mol. The molecule has 2 aromatic rings. The molecule has 2 rings (SSSR count). The Morgan fingerprint density at radius 1 is 1.03 bits per heavy atom. The molecule has 0 aromatic heterocycles. The van der Waals surface area contributed by atoms with Crippen LogP contribution in [0.15, 0.2) is 36.4 Å². The lowest BCUT2D eigenvalue weighted by molar-refractivity contribution is -0.137. The first-order chi connectivity index (χ1) is 14.0. The first-order valence-corrected chi connectivity index (χ1v) is 8.75. The number of rotatable bonds is 7. The van der Waals surface area contributed by atoms with Crippen LogP contribution < -0.4 is 20.1 Å². The Kier molecular flexibility index (Phi) is 7.14. The van der Waals surface area contributed by atoms with Gasteiger partial charge in [-0.05, 0) is 48.4 Å². The van der Waals surface area contributed by atoms with Crippen LogP contribution in [0, 0.1) is 0 Å². The standard InChI is InChI=1S/C20H21F3N2O5/c1-11(13-7-16(29-2)9-17(8-13)30-3)25-18(26)14-4-12(10-24-19(27)28)5-15(6-14)20(21,22)23/h4-9,11,24H,10H2,1-3H3,(H,25,26)(H,27,28). The van der Waals surface area contributed by atoms with Crippen molar-refractivity contribution < 1.29 is 37.3 Å². The van der Waals surface area contributed by atoms with Gasteiger partial charge < -0.3 is 25.2 Å². The smallest absolute Gasteiger partial charge is 0.416 e. The van der Waals surface area contributed by atoms with Crippen molar-refractivity contribution in [2.45, 2.75) is 25.7 Å². The van der Waals surface area contributed by atoms with Crippen LogP contribution in [-0.4, -0.2) is 31.3 Å². The van der Waals surface area contributed by atoms with Crippen molar-refractivity contribution in [2.24, 2.45) is 0 Å². The highest BCUT2D eigenvalue weighted by atomic mass is 19.4. The van der Waals surface area contributed by atoms with Gasteiger partial charge in [-0.25, -0.2) is 4.79 Å². The summed E-state index contributed by atoms with van der Waals surface area (Å²) in [7, 11) is 2.94. The monoisotopic (exact) mass is 426 g/mol. The third kappa shape index (κ3) is 6.03. The SMILES string of the molecule is COc1cc(OC)cc(C(C)NC(=O)c2cc(CNC(=O)O)cc(C(F)(F)F)c2)c1. The van der Waals surface area contributed by atoms with E-state index in [9.17, 15) is 22.8 Å². The maximum absolute atomic E-state index is 13.2. The lowest BCUT2D eigenvalue weighted by atomic mass is 10.0. The van der Waals surface area contributed by atoms with Crippen LogP contribution in [0.2, 0.25) is 0 Å². The molecule has 1 unspecified atom stereocenters. The van der Waals surface area contributed by atoms with Gasteiger partial charge in [-0.3, -0.25) is 4.79 Å². The Labute approximate surface area is 170 Å². The molecule has 0 aliphatic carbocycles. The minimum absolute atomic E-state index is 0.00748. The normalized spacial score (nSPS) is 12.1. The van der Waals surface area contributed by atoms with Crippen LogP contribution in [0.5, 0.6) is 11.5 Å². The van der Waals surface area contributed by atoms with Crippen LogP contribution in [0.3, 0.4) is 0 Å². The lowest BCUT2D eigenvalue weighted by Gasteiger charge is -2.18. The number of carbonyl (C=O) groups excluding carboxylic acids is 1. The first kappa shape index (κ1) is 22.9. The zero-order valence-electron chi connectivity index (χ0n) is 16.5. The van der Waals surface area contributed by atoms with Crippen LogP contribution >= 0.6 is 0 Å².